The van der Waals surface area contributed by atoms with Crippen LogP contribution in [-0.4, -0.2) is 50.1 Å². The van der Waals surface area contributed by atoms with E-state index in [1.807, 2.05) is 43.6 Å². The Labute approximate surface area is 168 Å². The lowest BCUT2D eigenvalue weighted by molar-refractivity contribution is 0.197. The van der Waals surface area contributed by atoms with Crippen LogP contribution in [0.3, 0.4) is 0 Å². The van der Waals surface area contributed by atoms with E-state index in [-0.39, 0.29) is 36.6 Å². The van der Waals surface area contributed by atoms with Crippen LogP contribution in [0.4, 0.5) is 4.79 Å². The molecule has 4 rings (SSSR count). The average molecular weight is 395 g/mol. The topological polar surface area (TPSA) is 92.4 Å². The van der Waals surface area contributed by atoms with Crippen molar-refractivity contribution in [3.8, 4) is 0 Å². The molecular formula is C21H25N5O3. The van der Waals surface area contributed by atoms with E-state index in [0.717, 1.165) is 16.5 Å². The molecule has 0 saturated carbocycles. The number of carbonyl (C=O) groups is 1. The molecule has 1 aliphatic rings. The van der Waals surface area contributed by atoms with Gasteiger partial charge in [-0.1, -0.05) is 18.2 Å². The highest BCUT2D eigenvalue weighted by molar-refractivity contribution is 5.80. The van der Waals surface area contributed by atoms with E-state index in [9.17, 15) is 14.7 Å². The van der Waals surface area contributed by atoms with E-state index in [0.29, 0.717) is 18.7 Å². The molecule has 0 aliphatic carbocycles. The zero-order valence-corrected chi connectivity index (χ0v) is 16.6. The van der Waals surface area contributed by atoms with Crippen molar-refractivity contribution in [2.24, 2.45) is 20.0 Å². The highest BCUT2D eigenvalue weighted by Gasteiger charge is 2.36. The van der Waals surface area contributed by atoms with Crippen molar-refractivity contribution < 1.29 is 9.90 Å². The van der Waals surface area contributed by atoms with Gasteiger partial charge in [0.05, 0.1) is 11.7 Å². The molecule has 0 spiro atoms. The number of hydrogen-bond acceptors (Lipinski definition) is 4. The molecule has 8 heteroatoms. The molecule has 0 radical (unpaired) electrons. The number of benzene rings is 1. The minimum atomic E-state index is -0.231. The van der Waals surface area contributed by atoms with Gasteiger partial charge in [0.1, 0.15) is 0 Å². The Morgan fingerprint density at radius 2 is 2.07 bits per heavy atom. The first-order valence-corrected chi connectivity index (χ1v) is 9.67. The summed E-state index contributed by atoms with van der Waals surface area (Å²) in [5.41, 5.74) is 2.30. The van der Waals surface area contributed by atoms with Gasteiger partial charge in [0.25, 0.3) is 5.56 Å². The summed E-state index contributed by atoms with van der Waals surface area (Å²) in [5, 5.41) is 17.8. The highest BCUT2D eigenvalue weighted by Crippen LogP contribution is 2.32. The Balaban J connectivity index is 1.47. The number of amides is 2. The third kappa shape index (κ3) is 3.63. The zero-order chi connectivity index (χ0) is 20.5. The summed E-state index contributed by atoms with van der Waals surface area (Å²) < 4.78 is 3.33. The molecule has 8 nitrogen and oxygen atoms in total. The second-order valence-electron chi connectivity index (χ2n) is 7.65. The van der Waals surface area contributed by atoms with E-state index in [1.54, 1.807) is 27.4 Å². The Hall–Kier alpha value is -3.13. The summed E-state index contributed by atoms with van der Waals surface area (Å²) in [6.07, 6.45) is 3.71. The molecule has 2 aromatic heterocycles. The standard InChI is InChI=1S/C21H25N5O3/c1-24-10-16(9-23-24)18-12-26(11-17(18)13-27)21(29)22-8-15-7-14-5-3-4-6-19(14)25(2)20(15)28/h3-7,9-10,17-18,27H,8,11-13H2,1-2H3,(H,22,29)/t17-,18-/m0/s1. The van der Waals surface area contributed by atoms with Crippen molar-refractivity contribution in [2.45, 2.75) is 12.5 Å². The maximum absolute atomic E-state index is 12.7. The fraction of sp³-hybridized carbons (Fsp3) is 0.381. The van der Waals surface area contributed by atoms with Crippen LogP contribution < -0.4 is 10.9 Å². The second kappa shape index (κ2) is 7.71. The SMILES string of the molecule is Cn1cc([C@@H]2CN(C(=O)NCc3cc4ccccc4n(C)c3=O)C[C@H]2CO)cn1. The van der Waals surface area contributed by atoms with Crippen LogP contribution in [0.5, 0.6) is 0 Å². The number of pyridine rings is 1. The van der Waals surface area contributed by atoms with Gasteiger partial charge in [0, 0.05) is 63.9 Å². The zero-order valence-electron chi connectivity index (χ0n) is 16.6. The minimum Gasteiger partial charge on any atom is -0.396 e. The van der Waals surface area contributed by atoms with Crippen molar-refractivity contribution in [3.63, 3.8) is 0 Å². The highest BCUT2D eigenvalue weighted by atomic mass is 16.3. The smallest absolute Gasteiger partial charge is 0.317 e. The number of carbonyl (C=O) groups excluding carboxylic acids is 1. The van der Waals surface area contributed by atoms with Crippen LogP contribution in [0.25, 0.3) is 10.9 Å². The van der Waals surface area contributed by atoms with E-state index < -0.39 is 0 Å². The number of likely N-dealkylation sites (tertiary alicyclic amines) is 1. The van der Waals surface area contributed by atoms with Gasteiger partial charge in [-0.25, -0.2) is 4.79 Å². The van der Waals surface area contributed by atoms with E-state index in [4.69, 9.17) is 0 Å². The molecule has 2 amide bonds. The van der Waals surface area contributed by atoms with Gasteiger partial charge in [-0.3, -0.25) is 9.48 Å². The Morgan fingerprint density at radius 3 is 2.79 bits per heavy atom. The number of nitrogens with zero attached hydrogens (tertiary/aromatic N) is 4. The molecular weight excluding hydrogens is 370 g/mol. The van der Waals surface area contributed by atoms with Gasteiger partial charge in [-0.05, 0) is 23.1 Å². The average Bonchev–Trinajstić information content (AvgIpc) is 3.35. The van der Waals surface area contributed by atoms with Crippen molar-refractivity contribution in [1.82, 2.24) is 24.6 Å². The lowest BCUT2D eigenvalue weighted by Gasteiger charge is -2.17. The third-order valence-corrected chi connectivity index (χ3v) is 5.75. The van der Waals surface area contributed by atoms with Crippen LogP contribution in [0, 0.1) is 5.92 Å². The van der Waals surface area contributed by atoms with Gasteiger partial charge < -0.3 is 19.9 Å². The monoisotopic (exact) mass is 395 g/mol. The van der Waals surface area contributed by atoms with E-state index in [2.05, 4.69) is 10.4 Å². The second-order valence-corrected chi connectivity index (χ2v) is 7.65. The van der Waals surface area contributed by atoms with E-state index in [1.165, 1.54) is 0 Å². The number of fused-ring (bicyclic) bond motifs is 1. The number of aryl methyl sites for hydroxylation is 2. The van der Waals surface area contributed by atoms with Crippen molar-refractivity contribution in [1.29, 1.82) is 0 Å². The fourth-order valence-corrected chi connectivity index (χ4v) is 4.13. The molecule has 0 unspecified atom stereocenters. The molecule has 2 N–H and O–H groups in total. The first-order chi connectivity index (χ1) is 14.0. The predicted octanol–water partition coefficient (Wildman–Crippen LogP) is 1.19. The number of rotatable bonds is 4. The number of para-hydroxylation sites is 1. The quantitative estimate of drug-likeness (QED) is 0.694. The van der Waals surface area contributed by atoms with Crippen molar-refractivity contribution in [3.05, 3.63) is 64.2 Å². The number of hydrogen-bond donors (Lipinski definition) is 2. The van der Waals surface area contributed by atoms with Gasteiger partial charge in [0.15, 0.2) is 0 Å². The maximum atomic E-state index is 12.7. The number of urea groups is 1. The molecule has 3 aromatic rings. The van der Waals surface area contributed by atoms with Crippen molar-refractivity contribution in [2.75, 3.05) is 19.7 Å². The summed E-state index contributed by atoms with van der Waals surface area (Å²) >= 11 is 0. The summed E-state index contributed by atoms with van der Waals surface area (Å²) in [6, 6.07) is 9.27. The summed E-state index contributed by atoms with van der Waals surface area (Å²) in [7, 11) is 3.59. The number of aromatic nitrogens is 3. The molecule has 2 atom stereocenters. The molecule has 29 heavy (non-hydrogen) atoms. The molecule has 1 aromatic carbocycles. The Kier molecular flexibility index (Phi) is 5.10. The van der Waals surface area contributed by atoms with E-state index >= 15 is 0 Å². The normalized spacial score (nSPS) is 19.1. The van der Waals surface area contributed by atoms with Gasteiger partial charge in [-0.15, -0.1) is 0 Å². The molecule has 1 fully saturated rings. The molecule has 1 aliphatic heterocycles. The number of aliphatic hydroxyl groups excluding tert-OH is 1. The maximum Gasteiger partial charge on any atom is 0.317 e. The van der Waals surface area contributed by atoms with Gasteiger partial charge >= 0.3 is 6.03 Å². The van der Waals surface area contributed by atoms with Crippen LogP contribution in [0.1, 0.15) is 17.0 Å². The fourth-order valence-electron chi connectivity index (χ4n) is 4.13. The van der Waals surface area contributed by atoms with Crippen LogP contribution >= 0.6 is 0 Å². The number of nitrogens with one attached hydrogen (secondary N) is 1. The summed E-state index contributed by atoms with van der Waals surface area (Å²) in [6.45, 7) is 1.15. The van der Waals surface area contributed by atoms with Gasteiger partial charge in [-0.2, -0.15) is 5.10 Å². The lowest BCUT2D eigenvalue weighted by Crippen LogP contribution is -2.39. The predicted molar refractivity (Wildman–Crippen MR) is 110 cm³/mol. The summed E-state index contributed by atoms with van der Waals surface area (Å²) in [4.78, 5) is 27.0. The minimum absolute atomic E-state index is 0.00849. The van der Waals surface area contributed by atoms with Crippen LogP contribution in [-0.2, 0) is 20.6 Å². The first-order valence-electron chi connectivity index (χ1n) is 9.67. The Morgan fingerprint density at radius 1 is 1.28 bits per heavy atom. The molecule has 1 saturated heterocycles. The number of aliphatic hydroxyl groups is 1. The molecule has 3 heterocycles. The summed E-state index contributed by atoms with van der Waals surface area (Å²) in [5.74, 6) is 0.0199. The lowest BCUT2D eigenvalue weighted by atomic mass is 9.92. The van der Waals surface area contributed by atoms with Crippen molar-refractivity contribution >= 4 is 16.9 Å². The third-order valence-electron chi connectivity index (χ3n) is 5.75. The Bertz CT molecular complexity index is 1100. The van der Waals surface area contributed by atoms with Crippen LogP contribution in [0.15, 0.2) is 47.5 Å². The largest absolute Gasteiger partial charge is 0.396 e. The van der Waals surface area contributed by atoms with Crippen LogP contribution in [0.2, 0.25) is 0 Å². The molecule has 0 bridgehead atoms. The molecule has 152 valence electrons. The van der Waals surface area contributed by atoms with Gasteiger partial charge in [0.2, 0.25) is 0 Å². The first kappa shape index (κ1) is 19.2.